The van der Waals surface area contributed by atoms with E-state index in [1.54, 1.807) is 12.4 Å². The fourth-order valence-electron chi connectivity index (χ4n) is 6.65. The number of nitrogens with zero attached hydrogens (tertiary/aromatic N) is 3. The van der Waals surface area contributed by atoms with E-state index in [2.05, 4.69) is 20.5 Å². The number of anilines is 1. The molecular weight excluding hydrogens is 490 g/mol. The molecular formula is C31H35N5O3. The first kappa shape index (κ1) is 24.5. The summed E-state index contributed by atoms with van der Waals surface area (Å²) in [5.41, 5.74) is 5.33. The minimum absolute atomic E-state index is 0.0230. The Morgan fingerprint density at radius 2 is 1.92 bits per heavy atom. The van der Waals surface area contributed by atoms with Gasteiger partial charge in [0.2, 0.25) is 0 Å². The third-order valence-corrected chi connectivity index (χ3v) is 9.06. The molecule has 4 aliphatic rings. The van der Waals surface area contributed by atoms with Crippen molar-refractivity contribution >= 4 is 11.7 Å². The fourth-order valence-corrected chi connectivity index (χ4v) is 6.65. The maximum absolute atomic E-state index is 13.1. The minimum Gasteiger partial charge on any atom is -0.492 e. The highest BCUT2D eigenvalue weighted by molar-refractivity contribution is 5.94. The molecule has 2 N–H and O–H groups in total. The molecule has 3 aliphatic heterocycles. The average molecular weight is 526 g/mol. The van der Waals surface area contributed by atoms with Crippen LogP contribution in [0.3, 0.4) is 0 Å². The van der Waals surface area contributed by atoms with Gasteiger partial charge in [-0.2, -0.15) is 0 Å². The summed E-state index contributed by atoms with van der Waals surface area (Å²) in [6.07, 6.45) is 10.9. The quantitative estimate of drug-likeness (QED) is 0.481. The Kier molecular flexibility index (Phi) is 6.45. The minimum atomic E-state index is 0.0230. The molecule has 8 heteroatoms. The molecule has 202 valence electrons. The van der Waals surface area contributed by atoms with Crippen molar-refractivity contribution in [2.45, 2.75) is 50.7 Å². The molecule has 39 heavy (non-hydrogen) atoms. The van der Waals surface area contributed by atoms with Gasteiger partial charge < -0.3 is 20.1 Å². The van der Waals surface area contributed by atoms with Crippen molar-refractivity contribution in [2.75, 3.05) is 38.2 Å². The molecule has 0 radical (unpaired) electrons. The number of nitrogens with one attached hydrogen (secondary N) is 2. The van der Waals surface area contributed by atoms with Gasteiger partial charge in [0.1, 0.15) is 11.6 Å². The van der Waals surface area contributed by atoms with Crippen LogP contribution in [-0.2, 0) is 17.7 Å². The van der Waals surface area contributed by atoms with Gasteiger partial charge in [0.05, 0.1) is 25.9 Å². The van der Waals surface area contributed by atoms with Crippen molar-refractivity contribution in [1.82, 2.24) is 20.2 Å². The number of hydrogen-bond donors (Lipinski definition) is 2. The van der Waals surface area contributed by atoms with Crippen LogP contribution in [0.15, 0.2) is 55.0 Å². The van der Waals surface area contributed by atoms with Crippen molar-refractivity contribution < 1.29 is 14.3 Å². The maximum Gasteiger partial charge on any atom is 0.251 e. The van der Waals surface area contributed by atoms with E-state index in [1.165, 1.54) is 25.9 Å². The molecule has 2 aromatic heterocycles. The molecule has 2 saturated heterocycles. The molecule has 0 bridgehead atoms. The van der Waals surface area contributed by atoms with Crippen LogP contribution in [0.4, 0.5) is 5.82 Å². The zero-order valence-corrected chi connectivity index (χ0v) is 22.2. The maximum atomic E-state index is 13.1. The molecule has 1 spiro atoms. The van der Waals surface area contributed by atoms with Gasteiger partial charge in [-0.15, -0.1) is 0 Å². The number of pyridine rings is 2. The van der Waals surface area contributed by atoms with Crippen LogP contribution >= 0.6 is 0 Å². The molecule has 3 aromatic rings. The molecule has 0 unspecified atom stereocenters. The van der Waals surface area contributed by atoms with Gasteiger partial charge in [0.25, 0.3) is 5.91 Å². The number of amides is 1. The summed E-state index contributed by atoms with van der Waals surface area (Å²) in [4.78, 5) is 24.5. The number of rotatable bonds is 7. The highest BCUT2D eigenvalue weighted by Gasteiger charge is 2.47. The van der Waals surface area contributed by atoms with Crippen LogP contribution in [0.25, 0.3) is 11.1 Å². The number of carbonyl (C=O) groups excluding carboxylic acids is 1. The average Bonchev–Trinajstić information content (AvgIpc) is 3.42. The predicted octanol–water partition coefficient (Wildman–Crippen LogP) is 4.06. The van der Waals surface area contributed by atoms with E-state index in [9.17, 15) is 4.79 Å². The van der Waals surface area contributed by atoms with Crippen LogP contribution < -0.4 is 15.4 Å². The third kappa shape index (κ3) is 4.87. The van der Waals surface area contributed by atoms with Crippen molar-refractivity contribution in [1.29, 1.82) is 0 Å². The number of hydrogen-bond acceptors (Lipinski definition) is 7. The first-order valence-corrected chi connectivity index (χ1v) is 14.2. The fraction of sp³-hybridized carbons (Fsp3) is 0.452. The van der Waals surface area contributed by atoms with E-state index < -0.39 is 0 Å². The molecule has 1 saturated carbocycles. The van der Waals surface area contributed by atoms with E-state index in [0.29, 0.717) is 30.2 Å². The number of benzene rings is 1. The number of likely N-dealkylation sites (tertiary alicyclic amines) is 1. The van der Waals surface area contributed by atoms with Crippen molar-refractivity contribution in [3.8, 4) is 16.9 Å². The van der Waals surface area contributed by atoms with E-state index in [-0.39, 0.29) is 11.9 Å². The standard InChI is InChI=1S/C31H35N5O3/c37-30(35-24-15-31(16-24)7-11-36(12-8-31)25-19-38-20-25)23-3-1-2-21(14-23)17-33-29-26-6-13-39-28(26)27(18-34-29)22-4-9-32-10-5-22/h1-5,9-10,14,18,24-25H,6-8,11-13,15-17,19-20H2,(H,33,34)(H,35,37). The second kappa shape index (κ2) is 10.2. The highest BCUT2D eigenvalue weighted by atomic mass is 16.5. The lowest BCUT2D eigenvalue weighted by atomic mass is 9.60. The molecule has 8 nitrogen and oxygen atoms in total. The summed E-state index contributed by atoms with van der Waals surface area (Å²) < 4.78 is 11.3. The second-order valence-electron chi connectivity index (χ2n) is 11.5. The van der Waals surface area contributed by atoms with Gasteiger partial charge in [0.15, 0.2) is 0 Å². The summed E-state index contributed by atoms with van der Waals surface area (Å²) in [5, 5.41) is 6.77. The van der Waals surface area contributed by atoms with Gasteiger partial charge in [-0.3, -0.25) is 14.7 Å². The number of carbonyl (C=O) groups is 1. The number of aromatic nitrogens is 2. The Bertz CT molecular complexity index is 1340. The Balaban J connectivity index is 0.947. The Morgan fingerprint density at radius 3 is 2.69 bits per heavy atom. The lowest BCUT2D eigenvalue weighted by Crippen LogP contribution is -2.58. The Morgan fingerprint density at radius 1 is 1.10 bits per heavy atom. The van der Waals surface area contributed by atoms with Gasteiger partial charge in [0, 0.05) is 54.3 Å². The summed E-state index contributed by atoms with van der Waals surface area (Å²) in [6.45, 7) is 5.36. The lowest BCUT2D eigenvalue weighted by Gasteiger charge is -2.54. The molecule has 3 fully saturated rings. The van der Waals surface area contributed by atoms with Crippen LogP contribution in [-0.4, -0.2) is 65.8 Å². The number of piperidine rings is 1. The van der Waals surface area contributed by atoms with E-state index in [1.807, 2.05) is 42.6 Å². The number of ether oxygens (including phenoxy) is 2. The smallest absolute Gasteiger partial charge is 0.251 e. The van der Waals surface area contributed by atoms with Crippen molar-refractivity contribution in [3.63, 3.8) is 0 Å². The summed E-state index contributed by atoms with van der Waals surface area (Å²) in [7, 11) is 0. The Hall–Kier alpha value is -3.49. The van der Waals surface area contributed by atoms with Crippen LogP contribution in [0.1, 0.15) is 47.2 Å². The van der Waals surface area contributed by atoms with Crippen LogP contribution in [0.5, 0.6) is 5.75 Å². The number of fused-ring (bicyclic) bond motifs is 1. The second-order valence-corrected chi connectivity index (χ2v) is 11.5. The van der Waals surface area contributed by atoms with Gasteiger partial charge in [-0.25, -0.2) is 4.98 Å². The normalized spacial score (nSPS) is 20.5. The van der Waals surface area contributed by atoms with Crippen LogP contribution in [0.2, 0.25) is 0 Å². The first-order valence-electron chi connectivity index (χ1n) is 14.2. The van der Waals surface area contributed by atoms with E-state index in [4.69, 9.17) is 14.5 Å². The van der Waals surface area contributed by atoms with Gasteiger partial charge in [-0.05, 0) is 79.6 Å². The molecule has 0 atom stereocenters. The largest absolute Gasteiger partial charge is 0.492 e. The van der Waals surface area contributed by atoms with Gasteiger partial charge in [-0.1, -0.05) is 12.1 Å². The van der Waals surface area contributed by atoms with Gasteiger partial charge >= 0.3 is 0 Å². The van der Waals surface area contributed by atoms with E-state index in [0.717, 1.165) is 66.3 Å². The summed E-state index contributed by atoms with van der Waals surface area (Å²) in [6, 6.07) is 12.8. The summed E-state index contributed by atoms with van der Waals surface area (Å²) in [5.74, 6) is 1.76. The first-order chi connectivity index (χ1) is 19.2. The van der Waals surface area contributed by atoms with Crippen molar-refractivity contribution in [3.05, 3.63) is 71.7 Å². The zero-order valence-electron chi connectivity index (χ0n) is 22.2. The van der Waals surface area contributed by atoms with E-state index >= 15 is 0 Å². The highest BCUT2D eigenvalue weighted by Crippen LogP contribution is 2.49. The lowest BCUT2D eigenvalue weighted by molar-refractivity contribution is -0.0932. The topological polar surface area (TPSA) is 88.6 Å². The predicted molar refractivity (Wildman–Crippen MR) is 149 cm³/mol. The monoisotopic (exact) mass is 525 g/mol. The zero-order chi connectivity index (χ0) is 26.2. The molecule has 1 amide bonds. The SMILES string of the molecule is O=C(NC1CC2(CCN(C3COC3)CC2)C1)c1cccc(CNc2ncc(-c3ccncc3)c3c2CCO3)c1. The molecule has 1 aromatic carbocycles. The molecule has 5 heterocycles. The van der Waals surface area contributed by atoms with Crippen LogP contribution in [0, 0.1) is 5.41 Å². The third-order valence-electron chi connectivity index (χ3n) is 9.06. The molecule has 1 aliphatic carbocycles. The molecule has 7 rings (SSSR count). The Labute approximate surface area is 229 Å². The van der Waals surface area contributed by atoms with Crippen molar-refractivity contribution in [2.24, 2.45) is 5.41 Å². The summed E-state index contributed by atoms with van der Waals surface area (Å²) >= 11 is 0.